The van der Waals surface area contributed by atoms with Crippen LogP contribution in [0.4, 0.5) is 8.78 Å². The molecule has 2 N–H and O–H groups in total. The van der Waals surface area contributed by atoms with E-state index in [4.69, 9.17) is 4.74 Å². The largest absolute Gasteiger partial charge is 0.493 e. The third-order valence-corrected chi connectivity index (χ3v) is 2.81. The van der Waals surface area contributed by atoms with Gasteiger partial charge in [-0.2, -0.15) is 8.78 Å². The normalized spacial score (nSPS) is 11.3. The summed E-state index contributed by atoms with van der Waals surface area (Å²) in [6, 6.07) is 4.89. The molecule has 0 aliphatic rings. The average Bonchev–Trinajstić information content (AvgIpc) is 2.54. The summed E-state index contributed by atoms with van der Waals surface area (Å²) >= 11 is 0. The number of hydrogen-bond acceptors (Lipinski definition) is 3. The predicted molar refractivity (Wildman–Crippen MR) is 87.3 cm³/mol. The third-order valence-electron chi connectivity index (χ3n) is 2.81. The third kappa shape index (κ3) is 6.99. The Kier molecular flexibility index (Phi) is 8.49. The molecule has 0 saturated carbocycles. The van der Waals surface area contributed by atoms with E-state index in [1.54, 1.807) is 25.3 Å². The van der Waals surface area contributed by atoms with E-state index in [0.717, 1.165) is 6.42 Å². The summed E-state index contributed by atoms with van der Waals surface area (Å²) in [7, 11) is 1.62. The number of halogens is 2. The first-order valence-electron chi connectivity index (χ1n) is 7.36. The molecule has 0 radical (unpaired) electrons. The minimum Gasteiger partial charge on any atom is -0.493 e. The highest BCUT2D eigenvalue weighted by atomic mass is 19.3. The molecular formula is C16H23F2N3O2. The second kappa shape index (κ2) is 10.4. The summed E-state index contributed by atoms with van der Waals surface area (Å²) < 4.78 is 35.2. The minimum atomic E-state index is -2.90. The van der Waals surface area contributed by atoms with E-state index < -0.39 is 6.61 Å². The Labute approximate surface area is 135 Å². The second-order valence-corrected chi connectivity index (χ2v) is 4.59. The maximum atomic E-state index is 12.6. The number of guanidine groups is 1. The van der Waals surface area contributed by atoms with E-state index in [2.05, 4.69) is 26.9 Å². The molecule has 0 aliphatic carbocycles. The molecular weight excluding hydrogens is 304 g/mol. The molecule has 1 aromatic rings. The van der Waals surface area contributed by atoms with Crippen LogP contribution in [0.5, 0.6) is 11.5 Å². The fourth-order valence-corrected chi connectivity index (χ4v) is 1.76. The SMILES string of the molecule is C=CCNC(=NC)NCc1ccc(OCCC)cc1OC(F)F. The van der Waals surface area contributed by atoms with E-state index >= 15 is 0 Å². The quantitative estimate of drug-likeness (QED) is 0.416. The van der Waals surface area contributed by atoms with Gasteiger partial charge in [-0.15, -0.1) is 6.58 Å². The first-order valence-corrected chi connectivity index (χ1v) is 7.36. The number of ether oxygens (including phenoxy) is 2. The standard InChI is InChI=1S/C16H23F2N3O2/c1-4-8-20-16(19-3)21-11-12-6-7-13(22-9-5-2)10-14(12)23-15(17)18/h4,6-7,10,15H,1,5,8-9,11H2,2-3H3,(H2,19,20,21). The topological polar surface area (TPSA) is 54.9 Å². The number of benzene rings is 1. The summed E-state index contributed by atoms with van der Waals surface area (Å²) in [5, 5.41) is 6.02. The number of nitrogens with zero attached hydrogens (tertiary/aromatic N) is 1. The van der Waals surface area contributed by atoms with Gasteiger partial charge in [-0.25, -0.2) is 0 Å². The molecule has 0 aromatic heterocycles. The van der Waals surface area contributed by atoms with Gasteiger partial charge in [-0.05, 0) is 18.6 Å². The Bertz CT molecular complexity index is 522. The van der Waals surface area contributed by atoms with Gasteiger partial charge in [0.2, 0.25) is 0 Å². The molecule has 5 nitrogen and oxygen atoms in total. The zero-order valence-corrected chi connectivity index (χ0v) is 13.4. The van der Waals surface area contributed by atoms with Crippen molar-refractivity contribution >= 4 is 5.96 Å². The van der Waals surface area contributed by atoms with Crippen LogP contribution in [0.1, 0.15) is 18.9 Å². The highest BCUT2D eigenvalue weighted by Gasteiger charge is 2.12. The van der Waals surface area contributed by atoms with E-state index in [1.165, 1.54) is 6.07 Å². The fraction of sp³-hybridized carbons (Fsp3) is 0.438. The van der Waals surface area contributed by atoms with Crippen LogP contribution in [-0.4, -0.2) is 32.8 Å². The first-order chi connectivity index (χ1) is 11.1. The molecule has 23 heavy (non-hydrogen) atoms. The Morgan fingerprint density at radius 3 is 2.78 bits per heavy atom. The van der Waals surface area contributed by atoms with Gasteiger partial charge in [0.25, 0.3) is 0 Å². The zero-order chi connectivity index (χ0) is 17.1. The lowest BCUT2D eigenvalue weighted by Gasteiger charge is -2.15. The number of hydrogen-bond donors (Lipinski definition) is 2. The van der Waals surface area contributed by atoms with Crippen LogP contribution in [0.15, 0.2) is 35.8 Å². The number of aliphatic imine (C=N–C) groups is 1. The van der Waals surface area contributed by atoms with Crippen molar-refractivity contribution < 1.29 is 18.3 Å². The van der Waals surface area contributed by atoms with Crippen LogP contribution >= 0.6 is 0 Å². The van der Waals surface area contributed by atoms with Crippen molar-refractivity contribution in [3.05, 3.63) is 36.4 Å². The van der Waals surface area contributed by atoms with E-state index in [9.17, 15) is 8.78 Å². The molecule has 1 aromatic carbocycles. The molecule has 7 heteroatoms. The second-order valence-electron chi connectivity index (χ2n) is 4.59. The zero-order valence-electron chi connectivity index (χ0n) is 13.4. The highest BCUT2D eigenvalue weighted by Crippen LogP contribution is 2.26. The lowest BCUT2D eigenvalue weighted by atomic mass is 10.2. The number of rotatable bonds is 9. The Morgan fingerprint density at radius 2 is 2.17 bits per heavy atom. The van der Waals surface area contributed by atoms with Gasteiger partial charge in [-0.1, -0.05) is 13.0 Å². The molecule has 0 aliphatic heterocycles. The molecule has 0 fully saturated rings. The highest BCUT2D eigenvalue weighted by molar-refractivity contribution is 5.79. The van der Waals surface area contributed by atoms with E-state index in [-0.39, 0.29) is 12.3 Å². The summed E-state index contributed by atoms with van der Waals surface area (Å²) in [6.45, 7) is 4.03. The molecule has 0 amide bonds. The maximum Gasteiger partial charge on any atom is 0.387 e. The fourth-order valence-electron chi connectivity index (χ4n) is 1.76. The maximum absolute atomic E-state index is 12.6. The van der Waals surface area contributed by atoms with Crippen molar-refractivity contribution in [3.63, 3.8) is 0 Å². The van der Waals surface area contributed by atoms with Crippen LogP contribution in [0.25, 0.3) is 0 Å². The lowest BCUT2D eigenvalue weighted by Crippen LogP contribution is -2.36. The molecule has 0 saturated heterocycles. The van der Waals surface area contributed by atoms with Crippen LogP contribution in [0.3, 0.4) is 0 Å². The van der Waals surface area contributed by atoms with Crippen LogP contribution in [0.2, 0.25) is 0 Å². The molecule has 0 unspecified atom stereocenters. The average molecular weight is 327 g/mol. The number of alkyl halides is 2. The Balaban J connectivity index is 2.80. The van der Waals surface area contributed by atoms with Gasteiger partial charge in [0.05, 0.1) is 6.61 Å². The van der Waals surface area contributed by atoms with Crippen molar-refractivity contribution in [2.24, 2.45) is 4.99 Å². The summed E-state index contributed by atoms with van der Waals surface area (Å²) in [5.41, 5.74) is 0.579. The summed E-state index contributed by atoms with van der Waals surface area (Å²) in [6.07, 6.45) is 2.53. The summed E-state index contributed by atoms with van der Waals surface area (Å²) in [5.74, 6) is 1.12. The van der Waals surface area contributed by atoms with Gasteiger partial charge in [0, 0.05) is 31.8 Å². The Morgan fingerprint density at radius 1 is 1.39 bits per heavy atom. The monoisotopic (exact) mass is 327 g/mol. The molecule has 0 atom stereocenters. The molecule has 0 spiro atoms. The van der Waals surface area contributed by atoms with Gasteiger partial charge in [0.1, 0.15) is 11.5 Å². The van der Waals surface area contributed by atoms with Gasteiger partial charge < -0.3 is 20.1 Å². The Hall–Kier alpha value is -2.31. The molecule has 128 valence electrons. The van der Waals surface area contributed by atoms with E-state index in [1.807, 2.05) is 6.92 Å². The van der Waals surface area contributed by atoms with Crippen molar-refractivity contribution in [2.45, 2.75) is 26.5 Å². The van der Waals surface area contributed by atoms with Gasteiger partial charge in [-0.3, -0.25) is 4.99 Å². The van der Waals surface area contributed by atoms with Gasteiger partial charge >= 0.3 is 6.61 Å². The van der Waals surface area contributed by atoms with Crippen molar-refractivity contribution in [1.29, 1.82) is 0 Å². The van der Waals surface area contributed by atoms with Crippen molar-refractivity contribution in [1.82, 2.24) is 10.6 Å². The van der Waals surface area contributed by atoms with E-state index in [0.29, 0.717) is 30.4 Å². The van der Waals surface area contributed by atoms with Gasteiger partial charge in [0.15, 0.2) is 5.96 Å². The van der Waals surface area contributed by atoms with Crippen LogP contribution < -0.4 is 20.1 Å². The van der Waals surface area contributed by atoms with Crippen molar-refractivity contribution in [3.8, 4) is 11.5 Å². The van der Waals surface area contributed by atoms with Crippen molar-refractivity contribution in [2.75, 3.05) is 20.2 Å². The summed E-state index contributed by atoms with van der Waals surface area (Å²) in [4.78, 5) is 4.02. The van der Waals surface area contributed by atoms with Crippen LogP contribution in [-0.2, 0) is 6.54 Å². The molecule has 0 heterocycles. The smallest absolute Gasteiger partial charge is 0.387 e. The lowest BCUT2D eigenvalue weighted by molar-refractivity contribution is -0.0505. The molecule has 0 bridgehead atoms. The number of nitrogens with one attached hydrogen (secondary N) is 2. The first kappa shape index (κ1) is 18.7. The van der Waals surface area contributed by atoms with Crippen LogP contribution in [0, 0.1) is 0 Å². The minimum absolute atomic E-state index is 0.0836. The predicted octanol–water partition coefficient (Wildman–Crippen LogP) is 2.93. The molecule has 1 rings (SSSR count).